The van der Waals surface area contributed by atoms with Gasteiger partial charge in [-0.15, -0.1) is 0 Å². The maximum absolute atomic E-state index is 15.4. The molecule has 3 aromatic heterocycles. The summed E-state index contributed by atoms with van der Waals surface area (Å²) in [4.78, 5) is 38.6. The van der Waals surface area contributed by atoms with Crippen LogP contribution in [0, 0.1) is 5.82 Å². The van der Waals surface area contributed by atoms with Gasteiger partial charge in [-0.25, -0.2) is 24.1 Å². The summed E-state index contributed by atoms with van der Waals surface area (Å²) in [6.45, 7) is 0.867. The van der Waals surface area contributed by atoms with Crippen molar-refractivity contribution in [1.82, 2.24) is 19.5 Å². The van der Waals surface area contributed by atoms with E-state index in [1.807, 2.05) is 11.0 Å². The third kappa shape index (κ3) is 4.23. The number of hydrogen-bond donors (Lipinski definition) is 2. The van der Waals surface area contributed by atoms with Gasteiger partial charge in [-0.3, -0.25) is 9.36 Å². The van der Waals surface area contributed by atoms with Crippen LogP contribution in [0.25, 0.3) is 16.9 Å². The van der Waals surface area contributed by atoms with Crippen LogP contribution in [-0.4, -0.2) is 54.9 Å². The second-order valence-electron chi connectivity index (χ2n) is 8.08. The lowest BCUT2D eigenvalue weighted by molar-refractivity contribution is 0.0695. The van der Waals surface area contributed by atoms with Crippen LogP contribution in [0.5, 0.6) is 11.6 Å². The first kappa shape index (κ1) is 22.3. The highest BCUT2D eigenvalue weighted by Crippen LogP contribution is 2.32. The number of halogens is 1. The van der Waals surface area contributed by atoms with E-state index in [0.29, 0.717) is 19.0 Å². The molecular weight excluding hydrogens is 457 g/mol. The number of rotatable bonds is 6. The van der Waals surface area contributed by atoms with Crippen LogP contribution in [0.1, 0.15) is 23.2 Å². The molecule has 4 heterocycles. The predicted molar refractivity (Wildman–Crippen MR) is 124 cm³/mol. The van der Waals surface area contributed by atoms with Gasteiger partial charge in [0, 0.05) is 25.0 Å². The molecule has 0 saturated carbocycles. The third-order valence-electron chi connectivity index (χ3n) is 5.89. The molecule has 10 nitrogen and oxygen atoms in total. The number of carboxylic acid groups (broad SMARTS) is 1. The zero-order valence-electron chi connectivity index (χ0n) is 18.3. The minimum Gasteiger partial charge on any atom is -0.505 e. The van der Waals surface area contributed by atoms with Crippen molar-refractivity contribution in [3.8, 4) is 17.6 Å². The second kappa shape index (κ2) is 9.01. The van der Waals surface area contributed by atoms with Gasteiger partial charge in [-0.1, -0.05) is 6.07 Å². The fourth-order valence-corrected chi connectivity index (χ4v) is 4.25. The number of benzene rings is 1. The van der Waals surface area contributed by atoms with Crippen molar-refractivity contribution < 1.29 is 24.1 Å². The van der Waals surface area contributed by atoms with Crippen molar-refractivity contribution in [1.29, 1.82) is 0 Å². The number of nitrogens with zero attached hydrogens (tertiary/aromatic N) is 5. The van der Waals surface area contributed by atoms with Crippen LogP contribution in [0.4, 0.5) is 10.1 Å². The average molecular weight is 477 g/mol. The average Bonchev–Trinajstić information content (AvgIpc) is 3.32. The highest BCUT2D eigenvalue weighted by Gasteiger charge is 2.29. The van der Waals surface area contributed by atoms with E-state index in [-0.39, 0.29) is 34.3 Å². The number of aromatic hydroxyl groups is 1. The second-order valence-corrected chi connectivity index (χ2v) is 8.08. The van der Waals surface area contributed by atoms with Gasteiger partial charge in [-0.05, 0) is 31.0 Å². The molecule has 178 valence electrons. The number of carbonyl (C=O) groups is 1. The van der Waals surface area contributed by atoms with E-state index < -0.39 is 22.8 Å². The third-order valence-corrected chi connectivity index (χ3v) is 5.89. The normalized spacial score (nSPS) is 15.5. The topological polar surface area (TPSA) is 131 Å². The number of hydrogen-bond acceptors (Lipinski definition) is 8. The monoisotopic (exact) mass is 477 g/mol. The van der Waals surface area contributed by atoms with Crippen LogP contribution in [-0.2, 0) is 0 Å². The maximum atomic E-state index is 15.4. The molecule has 0 spiro atoms. The van der Waals surface area contributed by atoms with E-state index in [9.17, 15) is 19.8 Å². The molecule has 0 radical (unpaired) electrons. The molecule has 0 bridgehead atoms. The summed E-state index contributed by atoms with van der Waals surface area (Å²) >= 11 is 0. The zero-order chi connectivity index (χ0) is 24.5. The summed E-state index contributed by atoms with van der Waals surface area (Å²) in [6, 6.07) is 7.75. The number of aromatic nitrogens is 4. The lowest BCUT2D eigenvalue weighted by Crippen LogP contribution is -2.35. The first-order chi connectivity index (χ1) is 16.9. The Kier molecular flexibility index (Phi) is 5.73. The van der Waals surface area contributed by atoms with Crippen molar-refractivity contribution in [2.24, 2.45) is 0 Å². The van der Waals surface area contributed by atoms with Crippen molar-refractivity contribution >= 4 is 22.6 Å². The summed E-state index contributed by atoms with van der Waals surface area (Å²) in [5.41, 5.74) is -0.883. The number of aromatic carboxylic acids is 1. The van der Waals surface area contributed by atoms with E-state index in [2.05, 4.69) is 15.0 Å². The summed E-state index contributed by atoms with van der Waals surface area (Å²) < 4.78 is 22.5. The van der Waals surface area contributed by atoms with Gasteiger partial charge in [0.25, 0.3) is 0 Å². The molecule has 1 aliphatic heterocycles. The van der Waals surface area contributed by atoms with Gasteiger partial charge in [0.05, 0.1) is 35.0 Å². The lowest BCUT2D eigenvalue weighted by atomic mass is 10.1. The summed E-state index contributed by atoms with van der Waals surface area (Å²) in [6.07, 6.45) is 6.61. The van der Waals surface area contributed by atoms with E-state index in [0.717, 1.165) is 37.5 Å². The van der Waals surface area contributed by atoms with Crippen molar-refractivity contribution in [3.05, 3.63) is 76.7 Å². The Morgan fingerprint density at radius 1 is 1.20 bits per heavy atom. The quantitative estimate of drug-likeness (QED) is 0.430. The Labute approximate surface area is 197 Å². The van der Waals surface area contributed by atoms with Crippen LogP contribution in [0.3, 0.4) is 0 Å². The number of pyridine rings is 2. The Morgan fingerprint density at radius 2 is 2.00 bits per heavy atom. The molecule has 1 saturated heterocycles. The molecule has 11 heteroatoms. The van der Waals surface area contributed by atoms with E-state index in [4.69, 9.17) is 4.74 Å². The molecule has 5 rings (SSSR count). The van der Waals surface area contributed by atoms with Crippen molar-refractivity contribution in [2.75, 3.05) is 18.1 Å². The maximum Gasteiger partial charge on any atom is 0.341 e. The van der Waals surface area contributed by atoms with Gasteiger partial charge in [0.1, 0.15) is 18.0 Å². The Hall–Kier alpha value is -4.54. The number of carboxylic acids is 1. The summed E-state index contributed by atoms with van der Waals surface area (Å²) in [5, 5.41) is 18.9. The van der Waals surface area contributed by atoms with Gasteiger partial charge >= 0.3 is 5.97 Å². The zero-order valence-corrected chi connectivity index (χ0v) is 18.3. The molecule has 1 aliphatic rings. The van der Waals surface area contributed by atoms with Gasteiger partial charge in [0.2, 0.25) is 17.3 Å². The Balaban J connectivity index is 1.60. The van der Waals surface area contributed by atoms with Crippen LogP contribution in [0.2, 0.25) is 0 Å². The lowest BCUT2D eigenvalue weighted by Gasteiger charge is -2.27. The van der Waals surface area contributed by atoms with Crippen molar-refractivity contribution in [2.45, 2.75) is 18.9 Å². The molecule has 2 N–H and O–H groups in total. The molecule has 0 amide bonds. The van der Waals surface area contributed by atoms with Crippen LogP contribution < -0.4 is 15.1 Å². The van der Waals surface area contributed by atoms with E-state index >= 15 is 4.39 Å². The Bertz CT molecular complexity index is 1460. The van der Waals surface area contributed by atoms with Crippen molar-refractivity contribution in [3.63, 3.8) is 0 Å². The number of anilines is 1. The predicted octanol–water partition coefficient (Wildman–Crippen LogP) is 2.77. The molecule has 1 atom stereocenters. The van der Waals surface area contributed by atoms with E-state index in [1.54, 1.807) is 18.3 Å². The fourth-order valence-electron chi connectivity index (χ4n) is 4.25. The standard InChI is InChI=1S/C24H20FN5O5/c25-18-8-16-19(30(12-17(22(16)32)23(33)34)24-27-10-15(31)11-28-24)9-20(18)29-7-3-4-14(29)13-35-21-5-1-2-6-26-21/h1-2,5-6,8-12,14,31H,3-4,7,13H2,(H,33,34)/t14-/m1/s1. The fraction of sp³-hybridized carbons (Fsp3) is 0.208. The molecule has 0 unspecified atom stereocenters. The van der Waals surface area contributed by atoms with Gasteiger partial charge in [0.15, 0.2) is 5.75 Å². The number of ether oxygens (including phenoxy) is 1. The highest BCUT2D eigenvalue weighted by atomic mass is 19.1. The number of fused-ring (bicyclic) bond motifs is 1. The van der Waals surface area contributed by atoms with E-state index in [1.165, 1.54) is 10.6 Å². The molecule has 1 fully saturated rings. The molecule has 35 heavy (non-hydrogen) atoms. The minimum atomic E-state index is -1.46. The van der Waals surface area contributed by atoms with Crippen LogP contribution >= 0.6 is 0 Å². The first-order valence-corrected chi connectivity index (χ1v) is 10.9. The Morgan fingerprint density at radius 3 is 2.71 bits per heavy atom. The highest BCUT2D eigenvalue weighted by molar-refractivity contribution is 5.94. The molecule has 4 aromatic rings. The summed E-state index contributed by atoms with van der Waals surface area (Å²) in [7, 11) is 0. The smallest absolute Gasteiger partial charge is 0.341 e. The SMILES string of the molecule is O=C(O)c1cn(-c2ncc(O)cn2)c2cc(N3CCC[C@@H]3COc3ccccn3)c(F)cc2c1=O. The first-order valence-electron chi connectivity index (χ1n) is 10.9. The molecule has 1 aromatic carbocycles. The van der Waals surface area contributed by atoms with Gasteiger partial charge < -0.3 is 19.8 Å². The summed E-state index contributed by atoms with van der Waals surface area (Å²) in [5.74, 6) is -1.81. The van der Waals surface area contributed by atoms with Gasteiger partial charge in [-0.2, -0.15) is 0 Å². The largest absolute Gasteiger partial charge is 0.505 e. The molecular formula is C24H20FN5O5. The van der Waals surface area contributed by atoms with Crippen LogP contribution in [0.15, 0.2) is 59.9 Å². The minimum absolute atomic E-state index is 0.0179. The molecule has 0 aliphatic carbocycles.